The molecule has 0 atom stereocenters. The Kier molecular flexibility index (Phi) is 3.17. The Balaban J connectivity index is 2.44. The number of nitrogen functional groups attached to an aromatic ring is 2. The van der Waals surface area contributed by atoms with Gasteiger partial charge < -0.3 is 11.5 Å². The average Bonchev–Trinajstić information content (AvgIpc) is 2.30. The highest BCUT2D eigenvalue weighted by Crippen LogP contribution is 2.18. The molecule has 17 heavy (non-hydrogen) atoms. The fourth-order valence-corrected chi connectivity index (χ4v) is 1.52. The molecule has 0 aliphatic carbocycles. The van der Waals surface area contributed by atoms with Crippen LogP contribution in [0.25, 0.3) is 0 Å². The smallest absolute Gasteiger partial charge is 0.140 e. The van der Waals surface area contributed by atoms with Crippen molar-refractivity contribution in [3.63, 3.8) is 0 Å². The number of hydrogen-bond acceptors (Lipinski definition) is 3. The first-order valence-electron chi connectivity index (χ1n) is 4.95. The standard InChI is InChI=1S/C13H10ClN3/c14-11-7-8-17-13(16)10(11)6-5-9-3-1-2-4-12(9)15/h1-4,7-8H,15H2,(H2,16,17). The van der Waals surface area contributed by atoms with Crippen molar-refractivity contribution < 1.29 is 0 Å². The Labute approximate surface area is 104 Å². The van der Waals surface area contributed by atoms with E-state index in [9.17, 15) is 0 Å². The molecule has 0 radical (unpaired) electrons. The number of halogens is 1. The van der Waals surface area contributed by atoms with Gasteiger partial charge in [-0.25, -0.2) is 4.98 Å². The molecular weight excluding hydrogens is 234 g/mol. The number of pyridine rings is 1. The first-order chi connectivity index (χ1) is 8.18. The SMILES string of the molecule is Nc1ccccc1C#Cc1c(Cl)ccnc1N. The molecule has 0 fully saturated rings. The lowest BCUT2D eigenvalue weighted by Crippen LogP contribution is -1.94. The third-order valence-corrected chi connectivity index (χ3v) is 2.53. The van der Waals surface area contributed by atoms with Crippen molar-refractivity contribution >= 4 is 23.1 Å². The third kappa shape index (κ3) is 2.49. The molecular formula is C13H10ClN3. The zero-order valence-corrected chi connectivity index (χ0v) is 9.70. The van der Waals surface area contributed by atoms with Crippen LogP contribution in [-0.2, 0) is 0 Å². The highest BCUT2D eigenvalue weighted by molar-refractivity contribution is 6.32. The highest BCUT2D eigenvalue weighted by atomic mass is 35.5. The number of benzene rings is 1. The van der Waals surface area contributed by atoms with Gasteiger partial charge in [0.05, 0.1) is 10.6 Å². The normalized spacial score (nSPS) is 9.47. The van der Waals surface area contributed by atoms with Crippen LogP contribution in [0.5, 0.6) is 0 Å². The van der Waals surface area contributed by atoms with Gasteiger partial charge in [-0.3, -0.25) is 0 Å². The molecule has 0 saturated heterocycles. The van der Waals surface area contributed by atoms with Gasteiger partial charge in [-0.15, -0.1) is 0 Å². The zero-order valence-electron chi connectivity index (χ0n) is 8.94. The van der Waals surface area contributed by atoms with Crippen molar-refractivity contribution in [3.8, 4) is 11.8 Å². The zero-order chi connectivity index (χ0) is 12.3. The van der Waals surface area contributed by atoms with Crippen LogP contribution in [0.1, 0.15) is 11.1 Å². The second-order valence-electron chi connectivity index (χ2n) is 3.39. The van der Waals surface area contributed by atoms with Gasteiger partial charge in [0, 0.05) is 17.4 Å². The predicted octanol–water partition coefficient (Wildman–Crippen LogP) is 2.30. The van der Waals surface area contributed by atoms with Gasteiger partial charge in [0.2, 0.25) is 0 Å². The number of hydrogen-bond donors (Lipinski definition) is 2. The summed E-state index contributed by atoms with van der Waals surface area (Å²) in [7, 11) is 0. The van der Waals surface area contributed by atoms with E-state index in [4.69, 9.17) is 23.1 Å². The van der Waals surface area contributed by atoms with Crippen LogP contribution in [0, 0.1) is 11.8 Å². The summed E-state index contributed by atoms with van der Waals surface area (Å²) in [5.41, 5.74) is 13.4. The van der Waals surface area contributed by atoms with Crippen molar-refractivity contribution in [2.75, 3.05) is 11.5 Å². The predicted molar refractivity (Wildman–Crippen MR) is 70.5 cm³/mol. The van der Waals surface area contributed by atoms with E-state index in [1.54, 1.807) is 18.3 Å². The quantitative estimate of drug-likeness (QED) is 0.551. The molecule has 84 valence electrons. The van der Waals surface area contributed by atoms with Gasteiger partial charge in [0.1, 0.15) is 5.82 Å². The Bertz CT molecular complexity index is 591. The van der Waals surface area contributed by atoms with Crippen LogP contribution in [0.2, 0.25) is 5.02 Å². The van der Waals surface area contributed by atoms with E-state index in [0.29, 0.717) is 22.1 Å². The van der Waals surface area contributed by atoms with Gasteiger partial charge in [-0.2, -0.15) is 0 Å². The van der Waals surface area contributed by atoms with E-state index in [2.05, 4.69) is 16.8 Å². The van der Waals surface area contributed by atoms with E-state index in [-0.39, 0.29) is 0 Å². The van der Waals surface area contributed by atoms with Gasteiger partial charge in [-0.1, -0.05) is 35.6 Å². The largest absolute Gasteiger partial charge is 0.398 e. The van der Waals surface area contributed by atoms with Gasteiger partial charge in [0.25, 0.3) is 0 Å². The Morgan fingerprint density at radius 1 is 1.06 bits per heavy atom. The van der Waals surface area contributed by atoms with E-state index in [0.717, 1.165) is 5.56 Å². The van der Waals surface area contributed by atoms with Crippen molar-refractivity contribution in [2.45, 2.75) is 0 Å². The minimum atomic E-state index is 0.319. The third-order valence-electron chi connectivity index (χ3n) is 2.21. The van der Waals surface area contributed by atoms with Gasteiger partial charge in [0.15, 0.2) is 0 Å². The molecule has 0 unspecified atom stereocenters. The molecule has 4 N–H and O–H groups in total. The highest BCUT2D eigenvalue weighted by Gasteiger charge is 2.01. The number of anilines is 2. The molecule has 0 saturated carbocycles. The molecule has 0 aliphatic heterocycles. The lowest BCUT2D eigenvalue weighted by molar-refractivity contribution is 1.32. The van der Waals surface area contributed by atoms with Crippen molar-refractivity contribution in [3.05, 3.63) is 52.7 Å². The maximum Gasteiger partial charge on any atom is 0.140 e. The van der Waals surface area contributed by atoms with Crippen molar-refractivity contribution in [1.82, 2.24) is 4.98 Å². The second-order valence-corrected chi connectivity index (χ2v) is 3.80. The number of nitrogens with zero attached hydrogens (tertiary/aromatic N) is 1. The molecule has 0 aliphatic rings. The number of rotatable bonds is 0. The topological polar surface area (TPSA) is 64.9 Å². The summed E-state index contributed by atoms with van der Waals surface area (Å²) in [6, 6.07) is 9.00. The molecule has 1 heterocycles. The molecule has 1 aromatic carbocycles. The molecule has 2 aromatic rings. The van der Waals surface area contributed by atoms with Crippen LogP contribution in [0.4, 0.5) is 11.5 Å². The fraction of sp³-hybridized carbons (Fsp3) is 0. The van der Waals surface area contributed by atoms with Crippen LogP contribution in [0.3, 0.4) is 0 Å². The second kappa shape index (κ2) is 4.77. The summed E-state index contributed by atoms with van der Waals surface area (Å²) >= 11 is 5.98. The van der Waals surface area contributed by atoms with Crippen LogP contribution in [-0.4, -0.2) is 4.98 Å². The van der Waals surface area contributed by atoms with E-state index in [1.807, 2.05) is 18.2 Å². The van der Waals surface area contributed by atoms with Crippen LogP contribution in [0.15, 0.2) is 36.5 Å². The Hall–Kier alpha value is -2.18. The van der Waals surface area contributed by atoms with Gasteiger partial charge in [-0.05, 0) is 18.2 Å². The lowest BCUT2D eigenvalue weighted by Gasteiger charge is -1.99. The van der Waals surface area contributed by atoms with E-state index in [1.165, 1.54) is 0 Å². The van der Waals surface area contributed by atoms with E-state index >= 15 is 0 Å². The molecule has 0 spiro atoms. The minimum Gasteiger partial charge on any atom is -0.398 e. The number of para-hydroxylation sites is 1. The summed E-state index contributed by atoms with van der Waals surface area (Å²) in [5, 5.41) is 0.486. The first-order valence-corrected chi connectivity index (χ1v) is 5.33. The number of nitrogens with two attached hydrogens (primary N) is 2. The summed E-state index contributed by atoms with van der Waals surface area (Å²) in [4.78, 5) is 3.93. The molecule has 0 amide bonds. The maximum absolute atomic E-state index is 5.98. The molecule has 1 aromatic heterocycles. The molecule has 0 bridgehead atoms. The van der Waals surface area contributed by atoms with Crippen molar-refractivity contribution in [2.24, 2.45) is 0 Å². The van der Waals surface area contributed by atoms with E-state index < -0.39 is 0 Å². The first kappa shape index (κ1) is 11.3. The van der Waals surface area contributed by atoms with Crippen LogP contribution < -0.4 is 11.5 Å². The van der Waals surface area contributed by atoms with Crippen LogP contribution >= 0.6 is 11.6 Å². The van der Waals surface area contributed by atoms with Gasteiger partial charge >= 0.3 is 0 Å². The number of aromatic nitrogens is 1. The monoisotopic (exact) mass is 243 g/mol. The molecule has 2 rings (SSSR count). The summed E-state index contributed by atoms with van der Waals surface area (Å²) in [6.45, 7) is 0. The van der Waals surface area contributed by atoms with Crippen molar-refractivity contribution in [1.29, 1.82) is 0 Å². The lowest BCUT2D eigenvalue weighted by atomic mass is 10.1. The summed E-state index contributed by atoms with van der Waals surface area (Å²) in [6.07, 6.45) is 1.54. The maximum atomic E-state index is 5.98. The molecule has 3 nitrogen and oxygen atoms in total. The molecule has 4 heteroatoms. The Morgan fingerprint density at radius 2 is 1.82 bits per heavy atom. The summed E-state index contributed by atoms with van der Waals surface area (Å²) in [5.74, 6) is 6.14. The minimum absolute atomic E-state index is 0.319. The average molecular weight is 244 g/mol. The Morgan fingerprint density at radius 3 is 2.53 bits per heavy atom. The fourth-order valence-electron chi connectivity index (χ4n) is 1.32. The summed E-state index contributed by atoms with van der Waals surface area (Å²) < 4.78 is 0.